The molecule has 0 aliphatic heterocycles. The first kappa shape index (κ1) is 11.2. The Labute approximate surface area is 98.4 Å². The molecular formula is C13H11NO3. The number of phenols is 1. The molecule has 0 radical (unpaired) electrons. The highest BCUT2D eigenvalue weighted by Gasteiger charge is 2.30. The van der Waals surface area contributed by atoms with Crippen LogP contribution in [0.1, 0.15) is 12.0 Å². The summed E-state index contributed by atoms with van der Waals surface area (Å²) in [5, 5.41) is 38.1. The van der Waals surface area contributed by atoms with Crippen LogP contribution in [0.5, 0.6) is 5.75 Å². The van der Waals surface area contributed by atoms with Crippen molar-refractivity contribution in [1.29, 1.82) is 5.26 Å². The fourth-order valence-electron chi connectivity index (χ4n) is 1.78. The molecular weight excluding hydrogens is 218 g/mol. The van der Waals surface area contributed by atoms with Gasteiger partial charge in [0.05, 0.1) is 0 Å². The lowest BCUT2D eigenvalue weighted by Gasteiger charge is -2.23. The van der Waals surface area contributed by atoms with Crippen LogP contribution in [-0.4, -0.2) is 20.9 Å². The summed E-state index contributed by atoms with van der Waals surface area (Å²) >= 11 is 0. The maximum atomic E-state index is 9.85. The van der Waals surface area contributed by atoms with Gasteiger partial charge in [0, 0.05) is 17.6 Å². The van der Waals surface area contributed by atoms with E-state index in [1.165, 1.54) is 18.2 Å². The number of benzene rings is 1. The number of rotatable bonds is 1. The molecule has 1 unspecified atom stereocenters. The van der Waals surface area contributed by atoms with E-state index >= 15 is 0 Å². The first-order chi connectivity index (χ1) is 8.06. The Morgan fingerprint density at radius 2 is 1.94 bits per heavy atom. The normalized spacial score (nSPS) is 23.5. The summed E-state index contributed by atoms with van der Waals surface area (Å²) in [6.07, 6.45) is 2.46. The summed E-state index contributed by atoms with van der Waals surface area (Å²) in [6, 6.07) is 8.24. The van der Waals surface area contributed by atoms with E-state index in [-0.39, 0.29) is 17.9 Å². The number of allylic oxidation sites excluding steroid dienone is 1. The quantitative estimate of drug-likeness (QED) is 0.642. The van der Waals surface area contributed by atoms with E-state index in [2.05, 4.69) is 0 Å². The molecule has 4 heteroatoms. The Morgan fingerprint density at radius 1 is 1.24 bits per heavy atom. The number of hydrogen-bond donors (Lipinski definition) is 3. The zero-order chi connectivity index (χ0) is 12.5. The van der Waals surface area contributed by atoms with Crippen molar-refractivity contribution in [2.75, 3.05) is 0 Å². The van der Waals surface area contributed by atoms with Gasteiger partial charge < -0.3 is 15.3 Å². The molecule has 0 spiro atoms. The highest BCUT2D eigenvalue weighted by molar-refractivity contribution is 5.75. The zero-order valence-corrected chi connectivity index (χ0v) is 8.96. The predicted octanol–water partition coefficient (Wildman–Crippen LogP) is 1.88. The van der Waals surface area contributed by atoms with Crippen molar-refractivity contribution in [3.05, 3.63) is 47.7 Å². The van der Waals surface area contributed by atoms with Crippen molar-refractivity contribution in [2.24, 2.45) is 0 Å². The zero-order valence-electron chi connectivity index (χ0n) is 8.96. The van der Waals surface area contributed by atoms with Gasteiger partial charge in [-0.05, 0) is 18.2 Å². The van der Waals surface area contributed by atoms with Gasteiger partial charge in [0.15, 0.2) is 5.60 Å². The average molecular weight is 229 g/mol. The summed E-state index contributed by atoms with van der Waals surface area (Å²) in [4.78, 5) is 0. The van der Waals surface area contributed by atoms with Crippen LogP contribution in [0.3, 0.4) is 0 Å². The molecule has 1 aromatic carbocycles. The number of aliphatic hydroxyl groups excluding tert-OH is 1. The SMILES string of the molecule is N#CC1(O)C=CC(O)=C(c2ccccc2O)C1. The third-order valence-corrected chi connectivity index (χ3v) is 2.70. The van der Waals surface area contributed by atoms with Crippen molar-refractivity contribution in [3.8, 4) is 11.8 Å². The van der Waals surface area contributed by atoms with Crippen LogP contribution >= 0.6 is 0 Å². The fourth-order valence-corrected chi connectivity index (χ4v) is 1.78. The maximum absolute atomic E-state index is 9.85. The van der Waals surface area contributed by atoms with Crippen molar-refractivity contribution in [3.63, 3.8) is 0 Å². The minimum absolute atomic E-state index is 0.00430. The molecule has 0 fully saturated rings. The summed E-state index contributed by atoms with van der Waals surface area (Å²) in [5.74, 6) is -0.0453. The lowest BCUT2D eigenvalue weighted by Crippen LogP contribution is -2.26. The van der Waals surface area contributed by atoms with E-state index < -0.39 is 5.60 Å². The van der Waals surface area contributed by atoms with E-state index in [0.717, 1.165) is 0 Å². The van der Waals surface area contributed by atoms with Crippen LogP contribution in [0.15, 0.2) is 42.2 Å². The second-order valence-corrected chi connectivity index (χ2v) is 3.93. The van der Waals surface area contributed by atoms with Gasteiger partial charge in [0.1, 0.15) is 17.6 Å². The minimum Gasteiger partial charge on any atom is -0.508 e. The molecule has 1 aromatic rings. The number of aliphatic hydroxyl groups is 2. The van der Waals surface area contributed by atoms with E-state index in [0.29, 0.717) is 11.1 Å². The first-order valence-corrected chi connectivity index (χ1v) is 5.09. The van der Waals surface area contributed by atoms with E-state index in [4.69, 9.17) is 5.26 Å². The second-order valence-electron chi connectivity index (χ2n) is 3.93. The third kappa shape index (κ3) is 2.01. The van der Waals surface area contributed by atoms with Crippen molar-refractivity contribution < 1.29 is 15.3 Å². The smallest absolute Gasteiger partial charge is 0.174 e. The van der Waals surface area contributed by atoms with Crippen LogP contribution in [0, 0.1) is 11.3 Å². The van der Waals surface area contributed by atoms with Gasteiger partial charge in [0.2, 0.25) is 0 Å². The van der Waals surface area contributed by atoms with Gasteiger partial charge in [0.25, 0.3) is 0 Å². The highest BCUT2D eigenvalue weighted by atomic mass is 16.3. The molecule has 0 aromatic heterocycles. The molecule has 3 N–H and O–H groups in total. The van der Waals surface area contributed by atoms with Crippen LogP contribution in [-0.2, 0) is 0 Å². The molecule has 0 heterocycles. The number of aromatic hydroxyl groups is 1. The predicted molar refractivity (Wildman–Crippen MR) is 62.0 cm³/mol. The molecule has 0 saturated carbocycles. The standard InChI is InChI=1S/C13H11NO3/c14-8-13(17)6-5-12(16)10(7-13)9-3-1-2-4-11(9)15/h1-6,15-17H,7H2. The highest BCUT2D eigenvalue weighted by Crippen LogP contribution is 2.36. The van der Waals surface area contributed by atoms with Gasteiger partial charge in [-0.3, -0.25) is 0 Å². The Bertz CT molecular complexity index is 554. The topological polar surface area (TPSA) is 84.5 Å². The number of nitrogens with zero attached hydrogens (tertiary/aromatic N) is 1. The number of nitriles is 1. The first-order valence-electron chi connectivity index (χ1n) is 5.09. The summed E-state index contributed by atoms with van der Waals surface area (Å²) in [6.45, 7) is 0. The lowest BCUT2D eigenvalue weighted by atomic mass is 9.86. The van der Waals surface area contributed by atoms with E-state index in [9.17, 15) is 15.3 Å². The largest absolute Gasteiger partial charge is 0.508 e. The monoisotopic (exact) mass is 229 g/mol. The number of para-hydroxylation sites is 1. The molecule has 0 bridgehead atoms. The molecule has 2 rings (SSSR count). The van der Waals surface area contributed by atoms with Crippen LogP contribution in [0.2, 0.25) is 0 Å². The Balaban J connectivity index is 2.50. The summed E-state index contributed by atoms with van der Waals surface area (Å²) < 4.78 is 0. The van der Waals surface area contributed by atoms with Crippen LogP contribution in [0.25, 0.3) is 5.57 Å². The van der Waals surface area contributed by atoms with Crippen molar-refractivity contribution >= 4 is 5.57 Å². The van der Waals surface area contributed by atoms with Crippen LogP contribution < -0.4 is 0 Å². The van der Waals surface area contributed by atoms with E-state index in [1.807, 2.05) is 0 Å². The maximum Gasteiger partial charge on any atom is 0.174 e. The molecule has 86 valence electrons. The Morgan fingerprint density at radius 3 is 2.59 bits per heavy atom. The average Bonchev–Trinajstić information content (AvgIpc) is 2.34. The summed E-state index contributed by atoms with van der Waals surface area (Å²) in [7, 11) is 0. The molecule has 1 atom stereocenters. The van der Waals surface area contributed by atoms with Crippen molar-refractivity contribution in [2.45, 2.75) is 12.0 Å². The Kier molecular flexibility index (Phi) is 2.62. The van der Waals surface area contributed by atoms with E-state index in [1.54, 1.807) is 24.3 Å². The molecule has 0 saturated heterocycles. The van der Waals surface area contributed by atoms with Crippen LogP contribution in [0.4, 0.5) is 0 Å². The van der Waals surface area contributed by atoms with Gasteiger partial charge in [-0.1, -0.05) is 18.2 Å². The van der Waals surface area contributed by atoms with Gasteiger partial charge in [-0.25, -0.2) is 0 Å². The molecule has 1 aliphatic rings. The summed E-state index contributed by atoms with van der Waals surface area (Å²) in [5.41, 5.74) is -0.859. The fraction of sp³-hybridized carbons (Fsp3) is 0.154. The number of phenolic OH excluding ortho intramolecular Hbond substituents is 1. The number of hydrogen-bond acceptors (Lipinski definition) is 4. The lowest BCUT2D eigenvalue weighted by molar-refractivity contribution is 0.153. The Hall–Kier alpha value is -2.25. The molecule has 0 amide bonds. The van der Waals surface area contributed by atoms with Gasteiger partial charge >= 0.3 is 0 Å². The second kappa shape index (κ2) is 3.96. The molecule has 4 nitrogen and oxygen atoms in total. The molecule has 17 heavy (non-hydrogen) atoms. The van der Waals surface area contributed by atoms with Crippen molar-refractivity contribution in [1.82, 2.24) is 0 Å². The third-order valence-electron chi connectivity index (χ3n) is 2.70. The minimum atomic E-state index is -1.64. The molecule has 1 aliphatic carbocycles. The van der Waals surface area contributed by atoms with Gasteiger partial charge in [-0.2, -0.15) is 5.26 Å². The van der Waals surface area contributed by atoms with Gasteiger partial charge in [-0.15, -0.1) is 0 Å².